The Kier molecular flexibility index (Phi) is 4.52. The van der Waals surface area contributed by atoms with E-state index in [1.165, 1.54) is 25.1 Å². The maximum atomic E-state index is 13.7. The van der Waals surface area contributed by atoms with Crippen LogP contribution in [-0.2, 0) is 28.5 Å². The van der Waals surface area contributed by atoms with E-state index in [2.05, 4.69) is 0 Å². The van der Waals surface area contributed by atoms with Crippen LogP contribution in [0, 0.1) is 0 Å². The number of fused-ring (bicyclic) bond motifs is 4. The van der Waals surface area contributed by atoms with Gasteiger partial charge in [0, 0.05) is 18.9 Å². The Morgan fingerprint density at radius 1 is 1.19 bits per heavy atom. The monoisotopic (exact) mass is 444 g/mol. The van der Waals surface area contributed by atoms with E-state index in [1.807, 2.05) is 0 Å². The van der Waals surface area contributed by atoms with E-state index in [0.717, 1.165) is 0 Å². The molecule has 2 saturated heterocycles. The highest BCUT2D eigenvalue weighted by atomic mass is 16.7. The van der Waals surface area contributed by atoms with Gasteiger partial charge in [0.25, 0.3) is 0 Å². The number of rotatable bonds is 1. The van der Waals surface area contributed by atoms with E-state index in [9.17, 15) is 29.4 Å². The number of ether oxygens (including phenoxy) is 4. The van der Waals surface area contributed by atoms with Crippen LogP contribution in [0.2, 0.25) is 0 Å². The van der Waals surface area contributed by atoms with E-state index in [-0.39, 0.29) is 35.1 Å². The number of aliphatic hydroxyl groups is 1. The highest BCUT2D eigenvalue weighted by Gasteiger charge is 2.65. The summed E-state index contributed by atoms with van der Waals surface area (Å²) in [6, 6.07) is 4.06. The molecule has 32 heavy (non-hydrogen) atoms. The van der Waals surface area contributed by atoms with Gasteiger partial charge >= 0.3 is 11.9 Å². The molecule has 10 nitrogen and oxygen atoms in total. The van der Waals surface area contributed by atoms with Crippen molar-refractivity contribution in [1.29, 1.82) is 0 Å². The maximum Gasteiger partial charge on any atom is 0.309 e. The Labute approximate surface area is 181 Å². The van der Waals surface area contributed by atoms with Crippen molar-refractivity contribution in [2.75, 3.05) is 0 Å². The van der Waals surface area contributed by atoms with Crippen molar-refractivity contribution in [2.45, 2.75) is 63.0 Å². The zero-order chi connectivity index (χ0) is 22.9. The van der Waals surface area contributed by atoms with Crippen LogP contribution in [0.4, 0.5) is 0 Å². The molecule has 3 heterocycles. The number of benzene rings is 1. The van der Waals surface area contributed by atoms with Gasteiger partial charge in [0.1, 0.15) is 24.1 Å². The second-order valence-corrected chi connectivity index (χ2v) is 8.34. The zero-order valence-corrected chi connectivity index (χ0v) is 17.2. The quantitative estimate of drug-likeness (QED) is 0.590. The van der Waals surface area contributed by atoms with E-state index < -0.39 is 65.6 Å². The Hall–Kier alpha value is -3.08. The third-order valence-corrected chi connectivity index (χ3v) is 6.18. The van der Waals surface area contributed by atoms with Crippen molar-refractivity contribution in [1.82, 2.24) is 0 Å². The van der Waals surface area contributed by atoms with Crippen molar-refractivity contribution in [3.8, 4) is 5.75 Å². The number of aromatic hydroxyl groups is 1. The largest absolute Gasteiger partial charge is 0.507 e. The number of phenolic OH excluding ortho intramolecular Hbond substituents is 1. The minimum Gasteiger partial charge on any atom is -0.507 e. The van der Waals surface area contributed by atoms with Crippen molar-refractivity contribution in [3.05, 3.63) is 40.5 Å². The number of hydrogen-bond acceptors (Lipinski definition) is 10. The van der Waals surface area contributed by atoms with Gasteiger partial charge in [-0.1, -0.05) is 12.1 Å². The molecule has 1 spiro atoms. The van der Waals surface area contributed by atoms with Crippen molar-refractivity contribution >= 4 is 23.5 Å². The highest BCUT2D eigenvalue weighted by molar-refractivity contribution is 6.29. The fraction of sp³-hybridized carbons (Fsp3) is 0.455. The van der Waals surface area contributed by atoms with Crippen LogP contribution in [0.5, 0.6) is 5.75 Å². The summed E-state index contributed by atoms with van der Waals surface area (Å²) < 4.78 is 22.6. The third kappa shape index (κ3) is 2.76. The predicted octanol–water partition coefficient (Wildman–Crippen LogP) is 0.580. The summed E-state index contributed by atoms with van der Waals surface area (Å²) in [5.41, 5.74) is -0.837. The van der Waals surface area contributed by atoms with Crippen LogP contribution in [-0.4, -0.2) is 70.0 Å². The molecule has 2 fully saturated rings. The second-order valence-electron chi connectivity index (χ2n) is 8.34. The SMILES string of the molecule is CC(=O)O[C@H]1C[C@@H](C)O[C@]2(O[C@H]3CC(=O)O[C@H]3C3=C2C(=O)c2c(O)cccc2C3=O)[C@@H]1O. The van der Waals surface area contributed by atoms with Gasteiger partial charge < -0.3 is 29.2 Å². The molecule has 10 heteroatoms. The van der Waals surface area contributed by atoms with Gasteiger partial charge in [-0.05, 0) is 13.0 Å². The summed E-state index contributed by atoms with van der Waals surface area (Å²) in [7, 11) is 0. The van der Waals surface area contributed by atoms with Crippen LogP contribution in [0.25, 0.3) is 0 Å². The summed E-state index contributed by atoms with van der Waals surface area (Å²) in [4.78, 5) is 50.8. The van der Waals surface area contributed by atoms with Crippen LogP contribution in [0.3, 0.4) is 0 Å². The maximum absolute atomic E-state index is 13.7. The van der Waals surface area contributed by atoms with E-state index in [1.54, 1.807) is 6.92 Å². The molecule has 0 amide bonds. The van der Waals surface area contributed by atoms with Crippen LogP contribution >= 0.6 is 0 Å². The number of ketones is 2. The summed E-state index contributed by atoms with van der Waals surface area (Å²) in [6.07, 6.45) is -5.73. The molecule has 0 saturated carbocycles. The molecule has 168 valence electrons. The lowest BCUT2D eigenvalue weighted by Gasteiger charge is -2.51. The summed E-state index contributed by atoms with van der Waals surface area (Å²) in [5, 5.41) is 21.6. The number of carbonyl (C=O) groups excluding carboxylic acids is 4. The molecule has 1 aliphatic carbocycles. The zero-order valence-electron chi connectivity index (χ0n) is 17.2. The molecule has 0 bridgehead atoms. The highest BCUT2D eigenvalue weighted by Crippen LogP contribution is 2.51. The number of aliphatic hydroxyl groups excluding tert-OH is 1. The smallest absolute Gasteiger partial charge is 0.309 e. The van der Waals surface area contributed by atoms with E-state index in [4.69, 9.17) is 18.9 Å². The molecule has 0 unspecified atom stereocenters. The molecule has 5 rings (SSSR count). The molecular weight excluding hydrogens is 424 g/mol. The molecule has 0 aromatic heterocycles. The Balaban J connectivity index is 1.75. The number of Topliss-reactive ketones (excluding diaryl/α,β-unsaturated/α-hetero) is 2. The normalized spacial score (nSPS) is 35.8. The standard InChI is InChI=1S/C22H20O10/c1-8-6-13(29-9(2)23)21(28)22(31-8)17-16(20-12(32-22)7-14(25)30-20)18(26)10-4-3-5-11(24)15(10)19(17)27/h3-5,8,12-13,20-21,24,28H,6-7H2,1-2H3/t8-,12+,13+,20-,21-,22-/m1/s1. The van der Waals surface area contributed by atoms with Crippen molar-refractivity contribution < 1.29 is 48.3 Å². The van der Waals surface area contributed by atoms with Crippen LogP contribution < -0.4 is 0 Å². The first-order valence-electron chi connectivity index (χ1n) is 10.2. The average molecular weight is 444 g/mol. The van der Waals surface area contributed by atoms with Crippen LogP contribution in [0.1, 0.15) is 47.4 Å². The second kappa shape index (κ2) is 6.96. The van der Waals surface area contributed by atoms with Crippen molar-refractivity contribution in [3.63, 3.8) is 0 Å². The Morgan fingerprint density at radius 3 is 2.66 bits per heavy atom. The van der Waals surface area contributed by atoms with Gasteiger partial charge in [0.15, 0.2) is 17.7 Å². The topological polar surface area (TPSA) is 146 Å². The molecule has 6 atom stereocenters. The predicted molar refractivity (Wildman–Crippen MR) is 103 cm³/mol. The fourth-order valence-corrected chi connectivity index (χ4v) is 5.01. The molecule has 3 aliphatic heterocycles. The molecular formula is C22H20O10. The number of esters is 2. The van der Waals surface area contributed by atoms with Gasteiger partial charge in [-0.2, -0.15) is 0 Å². The van der Waals surface area contributed by atoms with Crippen LogP contribution in [0.15, 0.2) is 29.3 Å². The lowest BCUT2D eigenvalue weighted by atomic mass is 9.73. The number of carbonyl (C=O) groups is 4. The van der Waals surface area contributed by atoms with Gasteiger partial charge in [-0.15, -0.1) is 0 Å². The van der Waals surface area contributed by atoms with Gasteiger partial charge in [0.05, 0.1) is 29.2 Å². The Morgan fingerprint density at radius 2 is 1.94 bits per heavy atom. The van der Waals surface area contributed by atoms with Gasteiger partial charge in [0.2, 0.25) is 5.79 Å². The summed E-state index contributed by atoms with van der Waals surface area (Å²) in [6.45, 7) is 2.81. The lowest BCUT2D eigenvalue weighted by molar-refractivity contribution is -0.336. The number of phenols is 1. The van der Waals surface area contributed by atoms with Crippen molar-refractivity contribution in [2.24, 2.45) is 0 Å². The first kappa shape index (κ1) is 20.8. The first-order chi connectivity index (χ1) is 15.1. The summed E-state index contributed by atoms with van der Waals surface area (Å²) >= 11 is 0. The average Bonchev–Trinajstić information content (AvgIpc) is 3.08. The Bertz CT molecular complexity index is 1100. The lowest BCUT2D eigenvalue weighted by Crippen LogP contribution is -2.66. The van der Waals surface area contributed by atoms with E-state index in [0.29, 0.717) is 0 Å². The third-order valence-electron chi connectivity index (χ3n) is 6.18. The minimum absolute atomic E-state index is 0.0533. The minimum atomic E-state index is -2.20. The van der Waals surface area contributed by atoms with Gasteiger partial charge in [-0.25, -0.2) is 0 Å². The number of hydrogen-bond donors (Lipinski definition) is 2. The molecule has 0 radical (unpaired) electrons. The van der Waals surface area contributed by atoms with E-state index >= 15 is 0 Å². The molecule has 1 aromatic rings. The van der Waals surface area contributed by atoms with Gasteiger partial charge in [-0.3, -0.25) is 19.2 Å². The molecule has 2 N–H and O–H groups in total. The first-order valence-corrected chi connectivity index (χ1v) is 10.2. The summed E-state index contributed by atoms with van der Waals surface area (Å²) in [5.74, 6) is -5.37. The fourth-order valence-electron chi connectivity index (χ4n) is 5.01. The molecule has 4 aliphatic rings. The molecule has 1 aromatic carbocycles.